The monoisotopic (exact) mass is 648 g/mol. The van der Waals surface area contributed by atoms with E-state index in [1.165, 1.54) is 26.5 Å². The number of H-pyrrole nitrogens is 1. The smallest absolute Gasteiger partial charge is 0.141 e. The number of nitrogens with one attached hydrogen (secondary N) is 1. The molecule has 0 unspecified atom stereocenters. The molecule has 0 fully saturated rings. The number of benzene rings is 5. The van der Waals surface area contributed by atoms with Gasteiger partial charge in [-0.05, 0) is 77.9 Å². The van der Waals surface area contributed by atoms with Crippen LogP contribution in [-0.2, 0) is 6.42 Å². The average Bonchev–Trinajstić information content (AvgIpc) is 3.95. The van der Waals surface area contributed by atoms with E-state index < -0.39 is 0 Å². The van der Waals surface area contributed by atoms with E-state index in [1.54, 1.807) is 18.0 Å². The van der Waals surface area contributed by atoms with Crippen molar-refractivity contribution in [3.63, 3.8) is 0 Å². The van der Waals surface area contributed by atoms with Gasteiger partial charge in [-0.15, -0.1) is 0 Å². The van der Waals surface area contributed by atoms with Gasteiger partial charge >= 0.3 is 0 Å². The van der Waals surface area contributed by atoms with Crippen LogP contribution < -0.4 is 14.2 Å². The summed E-state index contributed by atoms with van der Waals surface area (Å²) in [6.07, 6.45) is 14.6. The molecular formula is C42H36N2O3S. The summed E-state index contributed by atoms with van der Waals surface area (Å²) in [5.41, 5.74) is 3.71. The molecule has 0 spiro atoms. The van der Waals surface area contributed by atoms with Gasteiger partial charge in [-0.1, -0.05) is 103 Å². The van der Waals surface area contributed by atoms with Gasteiger partial charge in [-0.25, -0.2) is 0 Å². The van der Waals surface area contributed by atoms with Crippen molar-refractivity contribution in [3.8, 4) is 28.7 Å². The van der Waals surface area contributed by atoms with E-state index in [0.717, 1.165) is 41.7 Å². The first-order valence-corrected chi connectivity index (χ1v) is 16.6. The van der Waals surface area contributed by atoms with Gasteiger partial charge in [0.1, 0.15) is 35.4 Å². The van der Waals surface area contributed by atoms with Gasteiger partial charge in [-0.3, -0.25) is 4.99 Å². The van der Waals surface area contributed by atoms with Crippen LogP contribution in [0.3, 0.4) is 0 Å². The van der Waals surface area contributed by atoms with Gasteiger partial charge in [0.15, 0.2) is 0 Å². The maximum Gasteiger partial charge on any atom is 0.141 e. The standard InChI is InChI=1S/C13H10O.C12H8OS.C9H8O.2C4H5N/c1-3-7-12-10(5-1)9-11-6-2-4-8-13(11)14-12;1-3-7-11-9(5-1)13-10-6-2-4-8-12(10)14-11;1-2-6-9-8(4-1)5-3-7-10-9;2*1-2-4-5-3-1/h1-8H,9H2;1-8H;1-6H,7H2;1-3H,4H2;1-5H. The van der Waals surface area contributed by atoms with Crippen LogP contribution in [0.1, 0.15) is 16.7 Å². The molecule has 0 saturated carbocycles. The van der Waals surface area contributed by atoms with Gasteiger partial charge in [-0.2, -0.15) is 0 Å². The fourth-order valence-corrected chi connectivity index (χ4v) is 5.89. The third kappa shape index (κ3) is 9.18. The molecule has 4 aliphatic rings. The van der Waals surface area contributed by atoms with Gasteiger partial charge in [0.05, 0.1) is 16.3 Å². The zero-order chi connectivity index (χ0) is 32.6. The minimum Gasteiger partial charge on any atom is -0.489 e. The lowest BCUT2D eigenvalue weighted by atomic mass is 10.0. The molecular weight excluding hydrogens is 613 g/mol. The molecule has 0 amide bonds. The summed E-state index contributed by atoms with van der Waals surface area (Å²) in [5, 5.41) is 0. The Balaban J connectivity index is 0.000000111. The second-order valence-corrected chi connectivity index (χ2v) is 11.8. The largest absolute Gasteiger partial charge is 0.489 e. The van der Waals surface area contributed by atoms with Crippen molar-refractivity contribution in [3.05, 3.63) is 181 Å². The third-order valence-electron chi connectivity index (χ3n) is 7.27. The molecule has 4 aliphatic heterocycles. The molecule has 0 radical (unpaired) electrons. The number of hydrogen-bond donors (Lipinski definition) is 1. The minimum absolute atomic E-state index is 0.705. The average molecular weight is 649 g/mol. The number of rotatable bonds is 0. The molecule has 10 rings (SSSR count). The van der Waals surface area contributed by atoms with Crippen molar-refractivity contribution < 1.29 is 14.2 Å². The van der Waals surface area contributed by atoms with Gasteiger partial charge in [0, 0.05) is 30.6 Å². The SMILES string of the molecule is C1=CCN=C1.C1=Cc2ccccc2OC1.c1cc[nH]c1.c1ccc2c(c1)Cc1ccccc1O2.c1ccc2c(c1)Oc1ccccc1S2. The lowest BCUT2D eigenvalue weighted by Crippen LogP contribution is -2.01. The number of aromatic nitrogens is 1. The molecule has 5 aromatic carbocycles. The van der Waals surface area contributed by atoms with Crippen molar-refractivity contribution in [2.45, 2.75) is 16.2 Å². The molecule has 1 aromatic heterocycles. The van der Waals surface area contributed by atoms with Crippen LogP contribution in [0.25, 0.3) is 6.08 Å². The van der Waals surface area contributed by atoms with Crippen molar-refractivity contribution in [2.75, 3.05) is 13.2 Å². The third-order valence-corrected chi connectivity index (χ3v) is 8.38. The second kappa shape index (κ2) is 17.3. The maximum absolute atomic E-state index is 5.78. The van der Waals surface area contributed by atoms with Crippen molar-refractivity contribution >= 4 is 24.1 Å². The first kappa shape index (κ1) is 32.2. The molecule has 6 heteroatoms. The summed E-state index contributed by atoms with van der Waals surface area (Å²) in [7, 11) is 0. The Bertz CT molecular complexity index is 1690. The van der Waals surface area contributed by atoms with Crippen LogP contribution in [-0.4, -0.2) is 24.4 Å². The summed E-state index contributed by atoms with van der Waals surface area (Å²) >= 11 is 1.76. The fraction of sp³-hybridized carbons (Fsp3) is 0.0714. The molecule has 5 nitrogen and oxygen atoms in total. The van der Waals surface area contributed by atoms with Crippen molar-refractivity contribution in [1.29, 1.82) is 0 Å². The number of ether oxygens (including phenoxy) is 3. The molecule has 238 valence electrons. The van der Waals surface area contributed by atoms with Gasteiger partial charge in [0.2, 0.25) is 0 Å². The molecule has 1 N–H and O–H groups in total. The lowest BCUT2D eigenvalue weighted by molar-refractivity contribution is 0.358. The Morgan fingerprint density at radius 2 is 1.08 bits per heavy atom. The number of aliphatic imine (C=N–C) groups is 1. The highest BCUT2D eigenvalue weighted by molar-refractivity contribution is 7.99. The normalized spacial score (nSPS) is 12.9. The maximum atomic E-state index is 5.78. The summed E-state index contributed by atoms with van der Waals surface area (Å²) in [6.45, 7) is 1.59. The summed E-state index contributed by atoms with van der Waals surface area (Å²) in [5.74, 6) is 4.88. The van der Waals surface area contributed by atoms with Crippen LogP contribution in [0.5, 0.6) is 28.7 Å². The Morgan fingerprint density at radius 3 is 1.60 bits per heavy atom. The zero-order valence-electron chi connectivity index (χ0n) is 26.4. The highest BCUT2D eigenvalue weighted by atomic mass is 32.2. The highest BCUT2D eigenvalue weighted by Gasteiger charge is 2.16. The fourth-order valence-electron chi connectivity index (χ4n) is 4.94. The van der Waals surface area contributed by atoms with E-state index in [9.17, 15) is 0 Å². The number of nitrogens with zero attached hydrogens (tertiary/aromatic N) is 1. The minimum atomic E-state index is 0.705. The zero-order valence-corrected chi connectivity index (χ0v) is 27.3. The van der Waals surface area contributed by atoms with Crippen LogP contribution in [0.4, 0.5) is 0 Å². The summed E-state index contributed by atoms with van der Waals surface area (Å²) < 4.78 is 16.9. The van der Waals surface area contributed by atoms with E-state index >= 15 is 0 Å². The van der Waals surface area contributed by atoms with E-state index in [1.807, 2.05) is 128 Å². The number of fused-ring (bicyclic) bond motifs is 5. The Morgan fingerprint density at radius 1 is 0.542 bits per heavy atom. The first-order chi connectivity index (χ1) is 23.8. The van der Waals surface area contributed by atoms with Gasteiger partial charge in [0.25, 0.3) is 0 Å². The summed E-state index contributed by atoms with van der Waals surface area (Å²) in [6, 6.07) is 44.5. The summed E-state index contributed by atoms with van der Waals surface area (Å²) in [4.78, 5) is 9.08. The second-order valence-electron chi connectivity index (χ2n) is 10.7. The lowest BCUT2D eigenvalue weighted by Gasteiger charge is -2.19. The Hall–Kier alpha value is -5.72. The van der Waals surface area contributed by atoms with Crippen LogP contribution in [0.15, 0.2) is 179 Å². The molecule has 0 saturated heterocycles. The first-order valence-electron chi connectivity index (χ1n) is 15.8. The molecule has 48 heavy (non-hydrogen) atoms. The Labute approximate surface area is 286 Å². The Kier molecular flexibility index (Phi) is 11.6. The molecule has 0 atom stereocenters. The van der Waals surface area contributed by atoms with Crippen LogP contribution >= 0.6 is 11.8 Å². The number of aromatic amines is 1. The van der Waals surface area contributed by atoms with E-state index in [4.69, 9.17) is 14.2 Å². The number of hydrogen-bond acceptors (Lipinski definition) is 5. The highest BCUT2D eigenvalue weighted by Crippen LogP contribution is 2.46. The van der Waals surface area contributed by atoms with E-state index in [-0.39, 0.29) is 0 Å². The molecule has 5 heterocycles. The number of allylic oxidation sites excluding steroid dienone is 1. The number of para-hydroxylation sites is 5. The molecule has 0 bridgehead atoms. The van der Waals surface area contributed by atoms with Crippen LogP contribution in [0, 0.1) is 0 Å². The molecule has 0 aliphatic carbocycles. The van der Waals surface area contributed by atoms with E-state index in [2.05, 4.69) is 52.5 Å². The predicted molar refractivity (Wildman–Crippen MR) is 197 cm³/mol. The van der Waals surface area contributed by atoms with Gasteiger partial charge < -0.3 is 19.2 Å². The van der Waals surface area contributed by atoms with Crippen LogP contribution in [0.2, 0.25) is 0 Å². The van der Waals surface area contributed by atoms with Crippen molar-refractivity contribution in [2.24, 2.45) is 4.99 Å². The topological polar surface area (TPSA) is 55.8 Å². The van der Waals surface area contributed by atoms with E-state index in [0.29, 0.717) is 6.61 Å². The van der Waals surface area contributed by atoms with Crippen molar-refractivity contribution in [1.82, 2.24) is 4.98 Å². The predicted octanol–water partition coefficient (Wildman–Crippen LogP) is 11.1. The molecule has 6 aromatic rings. The quantitative estimate of drug-likeness (QED) is 0.178.